The molecule has 2 saturated heterocycles. The highest BCUT2D eigenvalue weighted by Gasteiger charge is 2.26. The van der Waals surface area contributed by atoms with E-state index in [1.807, 2.05) is 0 Å². The third-order valence-electron chi connectivity index (χ3n) is 6.21. The molecule has 0 amide bonds. The highest BCUT2D eigenvalue weighted by molar-refractivity contribution is 5.80. The largest absolute Gasteiger partial charge is 0.369 e. The van der Waals surface area contributed by atoms with Gasteiger partial charge < -0.3 is 20.4 Å². The molecule has 2 fully saturated rings. The van der Waals surface area contributed by atoms with Crippen LogP contribution in [-0.4, -0.2) is 87.2 Å². The Kier molecular flexibility index (Phi) is 8.19. The van der Waals surface area contributed by atoms with Crippen molar-refractivity contribution in [2.45, 2.75) is 39.3 Å². The van der Waals surface area contributed by atoms with Crippen LogP contribution in [0.15, 0.2) is 35.3 Å². The molecule has 0 spiro atoms. The Morgan fingerprint density at radius 2 is 1.83 bits per heavy atom. The fourth-order valence-corrected chi connectivity index (χ4v) is 4.35. The maximum atomic E-state index is 5.01. The van der Waals surface area contributed by atoms with E-state index in [1.54, 1.807) is 0 Å². The topological polar surface area (TPSA) is 46.1 Å². The Bertz CT molecular complexity index is 624. The monoisotopic (exact) mass is 400 g/mol. The molecular weight excluding hydrogens is 360 g/mol. The molecule has 6 nitrogen and oxygen atoms in total. The smallest absolute Gasteiger partial charge is 0.191 e. The molecule has 1 aromatic carbocycles. The van der Waals surface area contributed by atoms with E-state index >= 15 is 0 Å². The predicted octanol–water partition coefficient (Wildman–Crippen LogP) is 2.09. The average molecular weight is 401 g/mol. The molecule has 3 rings (SSSR count). The van der Waals surface area contributed by atoms with Crippen LogP contribution >= 0.6 is 0 Å². The van der Waals surface area contributed by atoms with E-state index in [2.05, 4.69) is 83.5 Å². The Labute approximate surface area is 177 Å². The lowest BCUT2D eigenvalue weighted by atomic mass is 10.0. The predicted molar refractivity (Wildman–Crippen MR) is 124 cm³/mol. The number of hydrogen-bond acceptors (Lipinski definition) is 4. The summed E-state index contributed by atoms with van der Waals surface area (Å²) in [6, 6.07) is 11.7. The zero-order valence-corrected chi connectivity index (χ0v) is 18.8. The van der Waals surface area contributed by atoms with E-state index < -0.39 is 0 Å². The molecule has 2 aliphatic rings. The summed E-state index contributed by atoms with van der Waals surface area (Å²) in [6.45, 7) is 15.3. The summed E-state index contributed by atoms with van der Waals surface area (Å²) in [5, 5.41) is 7.15. The van der Waals surface area contributed by atoms with Crippen LogP contribution in [0.4, 0.5) is 5.69 Å². The SMILES string of the molecule is CCNC(=NCC(C(C)C)N1CCN(C)CC1)NC1CCN(c2ccccc2)C1. The number of aliphatic imine (C=N–C) groups is 1. The van der Waals surface area contributed by atoms with Gasteiger partial charge in [-0.3, -0.25) is 9.89 Å². The number of benzene rings is 1. The maximum absolute atomic E-state index is 5.01. The van der Waals surface area contributed by atoms with Crippen molar-refractivity contribution in [2.24, 2.45) is 10.9 Å². The number of anilines is 1. The zero-order valence-electron chi connectivity index (χ0n) is 18.8. The molecule has 2 heterocycles. The average Bonchev–Trinajstić information content (AvgIpc) is 3.18. The Hall–Kier alpha value is -1.79. The van der Waals surface area contributed by atoms with Crippen LogP contribution in [0, 0.1) is 5.92 Å². The fourth-order valence-electron chi connectivity index (χ4n) is 4.35. The molecule has 0 radical (unpaired) electrons. The van der Waals surface area contributed by atoms with Crippen molar-refractivity contribution in [3.63, 3.8) is 0 Å². The van der Waals surface area contributed by atoms with Gasteiger partial charge in [-0.2, -0.15) is 0 Å². The quantitative estimate of drug-likeness (QED) is 0.542. The van der Waals surface area contributed by atoms with Crippen molar-refractivity contribution in [2.75, 3.05) is 64.3 Å². The van der Waals surface area contributed by atoms with Gasteiger partial charge in [0.05, 0.1) is 6.54 Å². The van der Waals surface area contributed by atoms with Gasteiger partial charge in [-0.15, -0.1) is 0 Å². The molecule has 2 aliphatic heterocycles. The summed E-state index contributed by atoms with van der Waals surface area (Å²) in [6.07, 6.45) is 1.14. The van der Waals surface area contributed by atoms with Crippen LogP contribution in [0.5, 0.6) is 0 Å². The molecule has 0 aromatic heterocycles. The van der Waals surface area contributed by atoms with E-state index in [0.29, 0.717) is 18.0 Å². The number of hydrogen-bond donors (Lipinski definition) is 2. The van der Waals surface area contributed by atoms with Gasteiger partial charge in [-0.1, -0.05) is 32.0 Å². The highest BCUT2D eigenvalue weighted by Crippen LogP contribution is 2.19. The Morgan fingerprint density at radius 1 is 1.10 bits per heavy atom. The molecule has 29 heavy (non-hydrogen) atoms. The fraction of sp³-hybridized carbons (Fsp3) is 0.696. The van der Waals surface area contributed by atoms with Crippen molar-refractivity contribution in [3.05, 3.63) is 30.3 Å². The lowest BCUT2D eigenvalue weighted by Crippen LogP contribution is -2.52. The molecule has 2 atom stereocenters. The number of nitrogens with zero attached hydrogens (tertiary/aromatic N) is 4. The molecule has 0 saturated carbocycles. The first-order valence-corrected chi connectivity index (χ1v) is 11.3. The van der Waals surface area contributed by atoms with Gasteiger partial charge >= 0.3 is 0 Å². The molecule has 2 N–H and O–H groups in total. The minimum absolute atomic E-state index is 0.439. The minimum atomic E-state index is 0.439. The van der Waals surface area contributed by atoms with Crippen molar-refractivity contribution >= 4 is 11.6 Å². The minimum Gasteiger partial charge on any atom is -0.369 e. The summed E-state index contributed by atoms with van der Waals surface area (Å²) >= 11 is 0. The van der Waals surface area contributed by atoms with Crippen LogP contribution in [0.1, 0.15) is 27.2 Å². The third-order valence-corrected chi connectivity index (χ3v) is 6.21. The van der Waals surface area contributed by atoms with Gasteiger partial charge in [-0.25, -0.2) is 0 Å². The van der Waals surface area contributed by atoms with E-state index in [1.165, 1.54) is 5.69 Å². The van der Waals surface area contributed by atoms with Crippen molar-refractivity contribution in [1.82, 2.24) is 20.4 Å². The van der Waals surface area contributed by atoms with E-state index in [0.717, 1.165) is 64.7 Å². The molecule has 0 aliphatic carbocycles. The van der Waals surface area contributed by atoms with E-state index in [-0.39, 0.29) is 0 Å². The molecule has 2 unspecified atom stereocenters. The van der Waals surface area contributed by atoms with Gasteiger partial charge in [0.25, 0.3) is 0 Å². The second-order valence-electron chi connectivity index (χ2n) is 8.78. The first kappa shape index (κ1) is 21.9. The molecular formula is C23H40N6. The number of nitrogens with one attached hydrogen (secondary N) is 2. The zero-order chi connectivity index (χ0) is 20.6. The molecule has 6 heteroatoms. The number of para-hydroxylation sites is 1. The van der Waals surface area contributed by atoms with Gasteiger partial charge in [0.1, 0.15) is 0 Å². The second kappa shape index (κ2) is 10.8. The van der Waals surface area contributed by atoms with Crippen LogP contribution in [0.3, 0.4) is 0 Å². The van der Waals surface area contributed by atoms with Gasteiger partial charge in [0, 0.05) is 63.6 Å². The van der Waals surface area contributed by atoms with E-state index in [4.69, 9.17) is 4.99 Å². The summed E-state index contributed by atoms with van der Waals surface area (Å²) in [7, 11) is 2.22. The maximum Gasteiger partial charge on any atom is 0.191 e. The third kappa shape index (κ3) is 6.34. The van der Waals surface area contributed by atoms with Crippen LogP contribution in [-0.2, 0) is 0 Å². The number of rotatable bonds is 7. The first-order valence-electron chi connectivity index (χ1n) is 11.3. The Morgan fingerprint density at radius 3 is 2.48 bits per heavy atom. The summed E-state index contributed by atoms with van der Waals surface area (Å²) in [4.78, 5) is 12.5. The summed E-state index contributed by atoms with van der Waals surface area (Å²) in [5.74, 6) is 1.57. The first-order chi connectivity index (χ1) is 14.1. The number of likely N-dealkylation sites (N-methyl/N-ethyl adjacent to an activating group) is 1. The lowest BCUT2D eigenvalue weighted by molar-refractivity contribution is 0.0925. The van der Waals surface area contributed by atoms with E-state index in [9.17, 15) is 0 Å². The van der Waals surface area contributed by atoms with Crippen LogP contribution in [0.25, 0.3) is 0 Å². The number of piperazine rings is 1. The molecule has 1 aromatic rings. The molecule has 162 valence electrons. The summed E-state index contributed by atoms with van der Waals surface area (Å²) < 4.78 is 0. The van der Waals surface area contributed by atoms with Crippen LogP contribution < -0.4 is 15.5 Å². The van der Waals surface area contributed by atoms with Crippen molar-refractivity contribution in [1.29, 1.82) is 0 Å². The van der Waals surface area contributed by atoms with Gasteiger partial charge in [0.2, 0.25) is 0 Å². The normalized spacial score (nSPS) is 22.9. The van der Waals surface area contributed by atoms with Crippen molar-refractivity contribution < 1.29 is 0 Å². The van der Waals surface area contributed by atoms with Gasteiger partial charge in [-0.05, 0) is 38.4 Å². The standard InChI is InChI=1S/C23H40N6/c1-5-24-23(25-17-22(19(2)3)28-15-13-27(4)14-16-28)26-20-11-12-29(18-20)21-9-7-6-8-10-21/h6-10,19-20,22H,5,11-18H2,1-4H3,(H2,24,25,26). The van der Waals surface area contributed by atoms with Crippen molar-refractivity contribution in [3.8, 4) is 0 Å². The second-order valence-corrected chi connectivity index (χ2v) is 8.78. The molecule has 0 bridgehead atoms. The van der Waals surface area contributed by atoms with Gasteiger partial charge in [0.15, 0.2) is 5.96 Å². The summed E-state index contributed by atoms with van der Waals surface area (Å²) in [5.41, 5.74) is 1.31. The highest BCUT2D eigenvalue weighted by atomic mass is 15.3. The lowest BCUT2D eigenvalue weighted by Gasteiger charge is -2.39. The Balaban J connectivity index is 1.57. The number of guanidine groups is 1. The van der Waals surface area contributed by atoms with Crippen LogP contribution in [0.2, 0.25) is 0 Å².